The van der Waals surface area contributed by atoms with Crippen LogP contribution in [0, 0.1) is 29.6 Å². The molecule has 0 saturated carbocycles. The summed E-state index contributed by atoms with van der Waals surface area (Å²) >= 11 is 0. The molecule has 0 amide bonds. The highest BCUT2D eigenvalue weighted by molar-refractivity contribution is 5.82. The van der Waals surface area contributed by atoms with Gasteiger partial charge in [-0.3, -0.25) is 9.59 Å². The fourth-order valence-electron chi connectivity index (χ4n) is 3.62. The minimum atomic E-state index is -0.773. The summed E-state index contributed by atoms with van der Waals surface area (Å²) in [6, 6.07) is 0. The molecule has 0 aromatic heterocycles. The molecular weight excluding hydrogens is 280 g/mol. The summed E-state index contributed by atoms with van der Waals surface area (Å²) < 4.78 is 5.62. The number of aliphatic hydroxyl groups excluding tert-OH is 1. The Kier molecular flexibility index (Phi) is 7.04. The number of rotatable bonds is 1. The quantitative estimate of drug-likeness (QED) is 0.755. The van der Waals surface area contributed by atoms with Gasteiger partial charge in [-0.1, -0.05) is 34.6 Å². The molecule has 0 aromatic rings. The Labute approximate surface area is 134 Å². The monoisotopic (exact) mass is 312 g/mol. The molecule has 4 heteroatoms. The summed E-state index contributed by atoms with van der Waals surface area (Å²) in [7, 11) is 0. The molecule has 7 unspecified atom stereocenters. The molecule has 0 aliphatic carbocycles. The Morgan fingerprint density at radius 1 is 1.00 bits per heavy atom. The predicted octanol–water partition coefficient (Wildman–Crippen LogP) is 3.21. The summed E-state index contributed by atoms with van der Waals surface area (Å²) in [4.78, 5) is 24.8. The van der Waals surface area contributed by atoms with Crippen LogP contribution in [0.3, 0.4) is 0 Å². The lowest BCUT2D eigenvalue weighted by atomic mass is 9.80. The maximum atomic E-state index is 12.5. The van der Waals surface area contributed by atoms with Gasteiger partial charge in [0.2, 0.25) is 0 Å². The van der Waals surface area contributed by atoms with Crippen molar-refractivity contribution < 1.29 is 19.4 Å². The molecule has 0 bridgehead atoms. The first kappa shape index (κ1) is 19.1. The van der Waals surface area contributed by atoms with E-state index in [-0.39, 0.29) is 41.5 Å². The van der Waals surface area contributed by atoms with Gasteiger partial charge in [0.05, 0.1) is 12.0 Å². The highest BCUT2D eigenvalue weighted by Gasteiger charge is 2.34. The average molecular weight is 312 g/mol. The third-order valence-corrected chi connectivity index (χ3v) is 5.19. The van der Waals surface area contributed by atoms with Gasteiger partial charge in [0.15, 0.2) is 0 Å². The van der Waals surface area contributed by atoms with Crippen molar-refractivity contribution >= 4 is 11.8 Å². The highest BCUT2D eigenvalue weighted by atomic mass is 16.5. The van der Waals surface area contributed by atoms with Crippen molar-refractivity contribution in [3.8, 4) is 0 Å². The molecular formula is C18H32O4. The number of hydrogen-bond acceptors (Lipinski definition) is 4. The van der Waals surface area contributed by atoms with Crippen LogP contribution in [0.1, 0.15) is 60.8 Å². The smallest absolute Gasteiger partial charge is 0.311 e. The van der Waals surface area contributed by atoms with E-state index in [2.05, 4.69) is 0 Å². The van der Waals surface area contributed by atoms with E-state index in [1.165, 1.54) is 0 Å². The lowest BCUT2D eigenvalue weighted by molar-refractivity contribution is -0.162. The van der Waals surface area contributed by atoms with Crippen LogP contribution in [0.15, 0.2) is 0 Å². The first-order chi connectivity index (χ1) is 10.2. The zero-order chi connectivity index (χ0) is 17.0. The van der Waals surface area contributed by atoms with Gasteiger partial charge in [0.1, 0.15) is 11.9 Å². The lowest BCUT2D eigenvalue weighted by Crippen LogP contribution is -2.38. The molecule has 1 saturated heterocycles. The molecule has 128 valence electrons. The normalized spacial score (nSPS) is 42.2. The molecule has 0 spiro atoms. The van der Waals surface area contributed by atoms with Crippen LogP contribution >= 0.6 is 0 Å². The van der Waals surface area contributed by atoms with E-state index < -0.39 is 12.0 Å². The number of hydrogen-bond donors (Lipinski definition) is 1. The first-order valence-electron chi connectivity index (χ1n) is 8.61. The molecule has 1 aliphatic rings. The van der Waals surface area contributed by atoms with Gasteiger partial charge in [0.25, 0.3) is 0 Å². The van der Waals surface area contributed by atoms with Crippen LogP contribution in [0.25, 0.3) is 0 Å². The van der Waals surface area contributed by atoms with Crippen LogP contribution < -0.4 is 0 Å². The maximum absolute atomic E-state index is 12.5. The standard InChI is InChI=1S/C18H32O4/c1-7-15-10(2)8-11(3)16(19)12(4)9-13(5)17(20)14(6)18(21)22-15/h10-15,17,20H,7-9H2,1-6H3. The number of aliphatic hydroxyl groups is 1. The van der Waals surface area contributed by atoms with Crippen molar-refractivity contribution in [1.82, 2.24) is 0 Å². The Balaban J connectivity index is 3.03. The van der Waals surface area contributed by atoms with Gasteiger partial charge in [-0.05, 0) is 38.0 Å². The van der Waals surface area contributed by atoms with E-state index >= 15 is 0 Å². The molecule has 1 rings (SSSR count). The minimum Gasteiger partial charge on any atom is -0.462 e. The number of cyclic esters (lactones) is 1. The molecule has 0 radical (unpaired) electrons. The lowest BCUT2D eigenvalue weighted by Gasteiger charge is -2.32. The fourth-order valence-corrected chi connectivity index (χ4v) is 3.62. The Hall–Kier alpha value is -0.900. The largest absolute Gasteiger partial charge is 0.462 e. The molecule has 1 heterocycles. The number of carbonyl (C=O) groups is 2. The second-order valence-corrected chi connectivity index (χ2v) is 7.29. The summed E-state index contributed by atoms with van der Waals surface area (Å²) in [6.45, 7) is 11.5. The Bertz CT molecular complexity index is 387. The second kappa shape index (κ2) is 8.09. The zero-order valence-corrected chi connectivity index (χ0v) is 14.8. The molecule has 1 aliphatic heterocycles. The van der Waals surface area contributed by atoms with Crippen molar-refractivity contribution in [2.24, 2.45) is 29.6 Å². The molecule has 4 nitrogen and oxygen atoms in total. The molecule has 22 heavy (non-hydrogen) atoms. The average Bonchev–Trinajstić information content (AvgIpc) is 2.48. The SMILES string of the molecule is CCC1OC(=O)C(C)C(O)C(C)CC(C)C(=O)C(C)CC1C. The third kappa shape index (κ3) is 4.55. The van der Waals surface area contributed by atoms with Gasteiger partial charge in [-0.25, -0.2) is 0 Å². The van der Waals surface area contributed by atoms with E-state index in [0.717, 1.165) is 12.8 Å². The molecule has 1 fully saturated rings. The Morgan fingerprint density at radius 3 is 2.00 bits per heavy atom. The Morgan fingerprint density at radius 2 is 1.50 bits per heavy atom. The van der Waals surface area contributed by atoms with Gasteiger partial charge in [-0.2, -0.15) is 0 Å². The third-order valence-electron chi connectivity index (χ3n) is 5.19. The first-order valence-corrected chi connectivity index (χ1v) is 8.61. The minimum absolute atomic E-state index is 0.0426. The van der Waals surface area contributed by atoms with E-state index in [1.54, 1.807) is 6.92 Å². The summed E-state index contributed by atoms with van der Waals surface area (Å²) in [5, 5.41) is 10.4. The van der Waals surface area contributed by atoms with E-state index in [1.807, 2.05) is 34.6 Å². The van der Waals surface area contributed by atoms with Crippen molar-refractivity contribution in [1.29, 1.82) is 0 Å². The van der Waals surface area contributed by atoms with Crippen LogP contribution in [-0.4, -0.2) is 29.1 Å². The van der Waals surface area contributed by atoms with Crippen molar-refractivity contribution in [3.63, 3.8) is 0 Å². The highest BCUT2D eigenvalue weighted by Crippen LogP contribution is 2.29. The van der Waals surface area contributed by atoms with Crippen molar-refractivity contribution in [2.45, 2.75) is 73.0 Å². The van der Waals surface area contributed by atoms with Crippen molar-refractivity contribution in [2.75, 3.05) is 0 Å². The number of esters is 1. The van der Waals surface area contributed by atoms with E-state index in [0.29, 0.717) is 6.42 Å². The number of carbonyl (C=O) groups excluding carboxylic acids is 2. The van der Waals surface area contributed by atoms with Crippen LogP contribution in [0.2, 0.25) is 0 Å². The van der Waals surface area contributed by atoms with Gasteiger partial charge < -0.3 is 9.84 Å². The van der Waals surface area contributed by atoms with Crippen molar-refractivity contribution in [3.05, 3.63) is 0 Å². The molecule has 1 N–H and O–H groups in total. The second-order valence-electron chi connectivity index (χ2n) is 7.29. The molecule has 7 atom stereocenters. The molecule has 0 aromatic carbocycles. The number of Topliss-reactive ketones (excluding diaryl/α,β-unsaturated/α-hetero) is 1. The predicted molar refractivity (Wildman–Crippen MR) is 86.2 cm³/mol. The van der Waals surface area contributed by atoms with Crippen LogP contribution in [0.5, 0.6) is 0 Å². The van der Waals surface area contributed by atoms with Crippen LogP contribution in [0.4, 0.5) is 0 Å². The summed E-state index contributed by atoms with van der Waals surface area (Å²) in [6.07, 6.45) is 1.10. The number of ketones is 1. The fraction of sp³-hybridized carbons (Fsp3) is 0.889. The van der Waals surface area contributed by atoms with E-state index in [4.69, 9.17) is 4.74 Å². The zero-order valence-electron chi connectivity index (χ0n) is 14.8. The van der Waals surface area contributed by atoms with E-state index in [9.17, 15) is 14.7 Å². The van der Waals surface area contributed by atoms with Crippen LogP contribution in [-0.2, 0) is 14.3 Å². The van der Waals surface area contributed by atoms with Gasteiger partial charge in [0, 0.05) is 11.8 Å². The van der Waals surface area contributed by atoms with Gasteiger partial charge >= 0.3 is 5.97 Å². The summed E-state index contributed by atoms with van der Waals surface area (Å²) in [5.41, 5.74) is 0. The van der Waals surface area contributed by atoms with Gasteiger partial charge in [-0.15, -0.1) is 0 Å². The number of ether oxygens (including phenoxy) is 1. The summed E-state index contributed by atoms with van der Waals surface area (Å²) in [5.74, 6) is -0.735. The topological polar surface area (TPSA) is 63.6 Å². The maximum Gasteiger partial charge on any atom is 0.311 e.